The first-order chi connectivity index (χ1) is 13.4. The lowest BCUT2D eigenvalue weighted by Crippen LogP contribution is -2.36. The molecule has 0 aliphatic rings. The van der Waals surface area contributed by atoms with Gasteiger partial charge >= 0.3 is 0 Å². The summed E-state index contributed by atoms with van der Waals surface area (Å²) in [5.41, 5.74) is 1.00. The van der Waals surface area contributed by atoms with E-state index in [1.54, 1.807) is 48.5 Å². The molecule has 0 atom stereocenters. The Morgan fingerprint density at radius 3 is 2.29 bits per heavy atom. The molecule has 0 unspecified atom stereocenters. The summed E-state index contributed by atoms with van der Waals surface area (Å²) in [5.74, 6) is -0.102. The highest BCUT2D eigenvalue weighted by Crippen LogP contribution is 2.09. The number of hydrogen-bond donors (Lipinski definition) is 3. The molecule has 9 heteroatoms. The molecule has 2 amide bonds. The van der Waals surface area contributed by atoms with Crippen LogP contribution in [0.3, 0.4) is 0 Å². The average Bonchev–Trinajstić information content (AvgIpc) is 2.66. The van der Waals surface area contributed by atoms with Gasteiger partial charge in [-0.1, -0.05) is 18.2 Å². The van der Waals surface area contributed by atoms with Crippen LogP contribution in [0.4, 0.5) is 5.69 Å². The van der Waals surface area contributed by atoms with Gasteiger partial charge in [-0.05, 0) is 36.4 Å². The van der Waals surface area contributed by atoms with E-state index in [4.69, 9.17) is 4.74 Å². The Hall–Kier alpha value is -2.91. The Morgan fingerprint density at radius 2 is 1.64 bits per heavy atom. The predicted octanol–water partition coefficient (Wildman–Crippen LogP) is 1.37. The third kappa shape index (κ3) is 7.77. The fourth-order valence-electron chi connectivity index (χ4n) is 2.25. The minimum Gasteiger partial charge on any atom is -0.492 e. The summed E-state index contributed by atoms with van der Waals surface area (Å²) in [6.07, 6.45) is 0. The van der Waals surface area contributed by atoms with Crippen LogP contribution in [0.25, 0.3) is 0 Å². The Labute approximate surface area is 164 Å². The molecule has 0 radical (unpaired) electrons. The zero-order valence-corrected chi connectivity index (χ0v) is 16.3. The van der Waals surface area contributed by atoms with Crippen LogP contribution in [0, 0.1) is 0 Å². The monoisotopic (exact) mass is 405 g/mol. The van der Waals surface area contributed by atoms with Gasteiger partial charge in [0.25, 0.3) is 5.91 Å². The summed E-state index contributed by atoms with van der Waals surface area (Å²) in [4.78, 5) is 23.0. The molecule has 28 heavy (non-hydrogen) atoms. The number of benzene rings is 2. The van der Waals surface area contributed by atoms with E-state index in [2.05, 4.69) is 15.4 Å². The number of carbonyl (C=O) groups excluding carboxylic acids is 2. The number of anilines is 1. The first kappa shape index (κ1) is 21.4. The molecule has 8 nitrogen and oxygen atoms in total. The van der Waals surface area contributed by atoms with Crippen molar-refractivity contribution in [1.29, 1.82) is 0 Å². The summed E-state index contributed by atoms with van der Waals surface area (Å²) >= 11 is 0. The van der Waals surface area contributed by atoms with E-state index < -0.39 is 10.0 Å². The normalized spacial score (nSPS) is 10.9. The standard InChI is InChI=1S/C19H23N3O5S/c1-15(23)22-17-9-7-16(8-10-17)19(24)20-11-12-21-28(25,26)14-13-27-18-5-3-2-4-6-18/h2-10,21H,11-14H2,1H3,(H,20,24)(H,22,23). The molecule has 0 heterocycles. The quantitative estimate of drug-likeness (QED) is 0.517. The topological polar surface area (TPSA) is 114 Å². The van der Waals surface area contributed by atoms with Crippen LogP contribution in [0.5, 0.6) is 5.75 Å². The molecule has 0 fully saturated rings. The lowest BCUT2D eigenvalue weighted by Gasteiger charge is -2.09. The van der Waals surface area contributed by atoms with Crippen LogP contribution in [-0.2, 0) is 14.8 Å². The van der Waals surface area contributed by atoms with Crippen molar-refractivity contribution in [2.24, 2.45) is 0 Å². The lowest BCUT2D eigenvalue weighted by molar-refractivity contribution is -0.114. The number of hydrogen-bond acceptors (Lipinski definition) is 5. The highest BCUT2D eigenvalue weighted by atomic mass is 32.2. The van der Waals surface area contributed by atoms with E-state index in [1.807, 2.05) is 6.07 Å². The maximum Gasteiger partial charge on any atom is 0.251 e. The van der Waals surface area contributed by atoms with Crippen molar-refractivity contribution >= 4 is 27.5 Å². The number of ether oxygens (including phenoxy) is 1. The predicted molar refractivity (Wildman–Crippen MR) is 107 cm³/mol. The highest BCUT2D eigenvalue weighted by molar-refractivity contribution is 7.89. The molecule has 0 spiro atoms. The smallest absolute Gasteiger partial charge is 0.251 e. The third-order valence-electron chi connectivity index (χ3n) is 3.56. The van der Waals surface area contributed by atoms with Crippen LogP contribution in [0.15, 0.2) is 54.6 Å². The van der Waals surface area contributed by atoms with Crippen molar-refractivity contribution in [2.75, 3.05) is 30.8 Å². The largest absolute Gasteiger partial charge is 0.492 e. The summed E-state index contributed by atoms with van der Waals surface area (Å²) in [6.45, 7) is 1.65. The molecule has 0 saturated carbocycles. The van der Waals surface area contributed by atoms with Crippen LogP contribution >= 0.6 is 0 Å². The third-order valence-corrected chi connectivity index (χ3v) is 4.91. The molecule has 150 valence electrons. The van der Waals surface area contributed by atoms with E-state index in [1.165, 1.54) is 6.92 Å². The summed E-state index contributed by atoms with van der Waals surface area (Å²) in [5, 5.41) is 5.24. The number of carbonyl (C=O) groups is 2. The second kappa shape index (κ2) is 10.4. The Morgan fingerprint density at radius 1 is 0.964 bits per heavy atom. The molecule has 2 aromatic carbocycles. The van der Waals surface area contributed by atoms with E-state index in [0.717, 1.165) is 0 Å². The number of sulfonamides is 1. The minimum absolute atomic E-state index is 0.0341. The average molecular weight is 405 g/mol. The van der Waals surface area contributed by atoms with Crippen LogP contribution in [0.1, 0.15) is 17.3 Å². The molecule has 3 N–H and O–H groups in total. The maximum atomic E-state index is 12.0. The first-order valence-electron chi connectivity index (χ1n) is 8.67. The SMILES string of the molecule is CC(=O)Nc1ccc(C(=O)NCCNS(=O)(=O)CCOc2ccccc2)cc1. The van der Waals surface area contributed by atoms with Gasteiger partial charge in [0.05, 0.1) is 5.75 Å². The molecular weight excluding hydrogens is 382 g/mol. The van der Waals surface area contributed by atoms with Gasteiger partial charge < -0.3 is 15.4 Å². The van der Waals surface area contributed by atoms with E-state index >= 15 is 0 Å². The van der Waals surface area contributed by atoms with Gasteiger partial charge in [0.1, 0.15) is 12.4 Å². The van der Waals surface area contributed by atoms with Crippen LogP contribution in [-0.4, -0.2) is 45.7 Å². The molecule has 0 aromatic heterocycles. The van der Waals surface area contributed by atoms with Crippen molar-refractivity contribution in [3.05, 3.63) is 60.2 Å². The fraction of sp³-hybridized carbons (Fsp3) is 0.263. The lowest BCUT2D eigenvalue weighted by atomic mass is 10.2. The van der Waals surface area contributed by atoms with E-state index in [0.29, 0.717) is 17.0 Å². The van der Waals surface area contributed by atoms with Gasteiger partial charge in [-0.3, -0.25) is 9.59 Å². The van der Waals surface area contributed by atoms with Gasteiger partial charge in [-0.15, -0.1) is 0 Å². The highest BCUT2D eigenvalue weighted by Gasteiger charge is 2.11. The number of para-hydroxylation sites is 1. The van der Waals surface area contributed by atoms with Crippen molar-refractivity contribution in [3.63, 3.8) is 0 Å². The maximum absolute atomic E-state index is 12.0. The van der Waals surface area contributed by atoms with Crippen molar-refractivity contribution in [3.8, 4) is 5.75 Å². The minimum atomic E-state index is -3.50. The number of amides is 2. The van der Waals surface area contributed by atoms with Gasteiger partial charge in [0.15, 0.2) is 0 Å². The second-order valence-corrected chi connectivity index (χ2v) is 7.82. The number of nitrogens with one attached hydrogen (secondary N) is 3. The second-order valence-electron chi connectivity index (χ2n) is 5.89. The van der Waals surface area contributed by atoms with Gasteiger partial charge in [-0.25, -0.2) is 13.1 Å². The molecule has 0 aliphatic heterocycles. The summed E-state index contributed by atoms with van der Waals surface area (Å²) in [6, 6.07) is 15.3. The van der Waals surface area contributed by atoms with Crippen molar-refractivity contribution in [1.82, 2.24) is 10.0 Å². The first-order valence-corrected chi connectivity index (χ1v) is 10.3. The summed E-state index contributed by atoms with van der Waals surface area (Å²) < 4.78 is 31.6. The molecule has 2 aromatic rings. The van der Waals surface area contributed by atoms with Crippen molar-refractivity contribution in [2.45, 2.75) is 6.92 Å². The summed E-state index contributed by atoms with van der Waals surface area (Å²) in [7, 11) is -3.50. The fourth-order valence-corrected chi connectivity index (χ4v) is 3.11. The Balaban J connectivity index is 1.67. The molecule has 0 saturated heterocycles. The Kier molecular flexibility index (Phi) is 7.97. The number of rotatable bonds is 10. The zero-order chi connectivity index (χ0) is 20.4. The van der Waals surface area contributed by atoms with Crippen molar-refractivity contribution < 1.29 is 22.7 Å². The molecule has 0 aliphatic carbocycles. The molecular formula is C19H23N3O5S. The molecule has 0 bridgehead atoms. The van der Waals surface area contributed by atoms with E-state index in [-0.39, 0.29) is 37.3 Å². The van der Waals surface area contributed by atoms with E-state index in [9.17, 15) is 18.0 Å². The molecule has 2 rings (SSSR count). The van der Waals surface area contributed by atoms with Gasteiger partial charge in [-0.2, -0.15) is 0 Å². The van der Waals surface area contributed by atoms with Gasteiger partial charge in [0.2, 0.25) is 15.9 Å². The van der Waals surface area contributed by atoms with Gasteiger partial charge in [0, 0.05) is 31.3 Å². The van der Waals surface area contributed by atoms with Crippen LogP contribution in [0.2, 0.25) is 0 Å². The zero-order valence-electron chi connectivity index (χ0n) is 15.5. The Bertz CT molecular complexity index is 884. The van der Waals surface area contributed by atoms with Crippen LogP contribution < -0.4 is 20.1 Å².